The lowest BCUT2D eigenvalue weighted by Crippen LogP contribution is -1.72. The van der Waals surface area contributed by atoms with Gasteiger partial charge in [-0.3, -0.25) is 0 Å². The van der Waals surface area contributed by atoms with Crippen molar-refractivity contribution in [3.63, 3.8) is 0 Å². The van der Waals surface area contributed by atoms with E-state index in [9.17, 15) is 0 Å². The Morgan fingerprint density at radius 3 is 2.30 bits per heavy atom. The Labute approximate surface area is 60.6 Å². The second kappa shape index (κ2) is 3.06. The van der Waals surface area contributed by atoms with Crippen LogP contribution in [0.2, 0.25) is 0 Å². The van der Waals surface area contributed by atoms with Gasteiger partial charge in [-0.2, -0.15) is 0 Å². The van der Waals surface area contributed by atoms with Crippen molar-refractivity contribution in [1.29, 1.82) is 0 Å². The third kappa shape index (κ3) is 1.62. The lowest BCUT2D eigenvalue weighted by Gasteiger charge is -1.92. The minimum absolute atomic E-state index is 1.02. The molecule has 0 spiro atoms. The van der Waals surface area contributed by atoms with E-state index in [1.54, 1.807) is 6.08 Å². The van der Waals surface area contributed by atoms with Crippen LogP contribution in [-0.4, -0.2) is 5.11 Å². The Hall–Kier alpha value is -1.24. The van der Waals surface area contributed by atoms with Crippen molar-refractivity contribution in [2.45, 2.75) is 6.92 Å². The van der Waals surface area contributed by atoms with Crippen LogP contribution >= 0.6 is 0 Å². The van der Waals surface area contributed by atoms with Gasteiger partial charge >= 0.3 is 0 Å². The van der Waals surface area contributed by atoms with Crippen LogP contribution in [0.5, 0.6) is 0 Å². The molecule has 0 saturated carbocycles. The molecule has 1 nitrogen and oxygen atoms in total. The number of benzene rings is 1. The Morgan fingerprint density at radius 2 is 1.80 bits per heavy atom. The molecule has 1 rings (SSSR count). The Bertz CT molecular complexity index is 221. The van der Waals surface area contributed by atoms with E-state index in [0.29, 0.717) is 0 Å². The highest BCUT2D eigenvalue weighted by molar-refractivity contribution is 5.48. The summed E-state index contributed by atoms with van der Waals surface area (Å²) in [6.45, 7) is 2.03. The maximum absolute atomic E-state index is 8.41. The smallest absolute Gasteiger partial charge is 0.0797 e. The number of rotatable bonds is 1. The molecule has 0 unspecified atom stereocenters. The monoisotopic (exact) mass is 134 g/mol. The van der Waals surface area contributed by atoms with Gasteiger partial charge in [0.15, 0.2) is 0 Å². The summed E-state index contributed by atoms with van der Waals surface area (Å²) in [5.41, 5.74) is 2.25. The normalized spacial score (nSPS) is 10.5. The average molecular weight is 134 g/mol. The number of aliphatic hydroxyl groups excluding tert-OH is 1. The molecule has 1 aromatic carbocycles. The van der Waals surface area contributed by atoms with Gasteiger partial charge in [0, 0.05) is 0 Å². The van der Waals surface area contributed by atoms with Crippen LogP contribution in [0, 0.1) is 6.92 Å². The van der Waals surface area contributed by atoms with Crippen molar-refractivity contribution in [3.8, 4) is 0 Å². The minimum atomic E-state index is 1.02. The molecule has 0 aliphatic heterocycles. The van der Waals surface area contributed by atoms with Crippen LogP contribution in [-0.2, 0) is 0 Å². The zero-order valence-corrected chi connectivity index (χ0v) is 5.91. The molecule has 0 heterocycles. The number of aliphatic hydroxyl groups is 1. The van der Waals surface area contributed by atoms with E-state index in [1.165, 1.54) is 5.56 Å². The maximum Gasteiger partial charge on any atom is 0.0797 e. The molecule has 0 atom stereocenters. The predicted octanol–water partition coefficient (Wildman–Crippen LogP) is 2.52. The van der Waals surface area contributed by atoms with Crippen molar-refractivity contribution >= 4 is 6.08 Å². The van der Waals surface area contributed by atoms with E-state index in [-0.39, 0.29) is 0 Å². The van der Waals surface area contributed by atoms with E-state index < -0.39 is 0 Å². The highest BCUT2D eigenvalue weighted by Gasteiger charge is 1.83. The van der Waals surface area contributed by atoms with Crippen LogP contribution in [0.1, 0.15) is 11.1 Å². The molecule has 52 valence electrons. The highest BCUT2D eigenvalue weighted by Crippen LogP contribution is 2.03. The zero-order chi connectivity index (χ0) is 7.40. The van der Waals surface area contributed by atoms with Crippen LogP contribution in [0.25, 0.3) is 6.08 Å². The topological polar surface area (TPSA) is 20.2 Å². The third-order valence-corrected chi connectivity index (χ3v) is 1.34. The van der Waals surface area contributed by atoms with Crippen molar-refractivity contribution < 1.29 is 5.11 Å². The predicted molar refractivity (Wildman–Crippen MR) is 42.8 cm³/mol. The number of aryl methyl sites for hydroxylation is 1. The van der Waals surface area contributed by atoms with Crippen LogP contribution in [0.3, 0.4) is 0 Å². The molecule has 0 fully saturated rings. The lowest BCUT2D eigenvalue weighted by molar-refractivity contribution is 0.478. The maximum atomic E-state index is 8.41. The second-order valence-electron chi connectivity index (χ2n) is 2.23. The fraction of sp³-hybridized carbons (Fsp3) is 0.111. The molecule has 0 bridgehead atoms. The highest BCUT2D eigenvalue weighted by atomic mass is 16.2. The summed E-state index contributed by atoms with van der Waals surface area (Å²) in [6.07, 6.45) is 2.70. The van der Waals surface area contributed by atoms with Crippen molar-refractivity contribution in [1.82, 2.24) is 0 Å². The lowest BCUT2D eigenvalue weighted by atomic mass is 10.1. The molecule has 0 amide bonds. The zero-order valence-electron chi connectivity index (χ0n) is 5.91. The van der Waals surface area contributed by atoms with Crippen molar-refractivity contribution in [3.05, 3.63) is 41.7 Å². The number of hydrogen-bond donors (Lipinski definition) is 1. The van der Waals surface area contributed by atoms with Crippen LogP contribution in [0.4, 0.5) is 0 Å². The molecule has 1 heteroatoms. The first-order valence-electron chi connectivity index (χ1n) is 3.20. The molecular weight excluding hydrogens is 124 g/mol. The Kier molecular flexibility index (Phi) is 2.11. The molecular formula is C9H10O. The first-order chi connectivity index (χ1) is 4.83. The molecule has 0 aromatic heterocycles. The van der Waals surface area contributed by atoms with Gasteiger partial charge in [0.1, 0.15) is 0 Å². The number of hydrogen-bond acceptors (Lipinski definition) is 1. The molecule has 1 N–H and O–H groups in total. The second-order valence-corrected chi connectivity index (χ2v) is 2.23. The molecule has 1 aromatic rings. The Balaban J connectivity index is 2.89. The summed E-state index contributed by atoms with van der Waals surface area (Å²) in [5, 5.41) is 8.41. The fourth-order valence-corrected chi connectivity index (χ4v) is 0.764. The summed E-state index contributed by atoms with van der Waals surface area (Å²) < 4.78 is 0. The fourth-order valence-electron chi connectivity index (χ4n) is 0.764. The van der Waals surface area contributed by atoms with E-state index in [1.807, 2.05) is 31.2 Å². The molecule has 0 aliphatic carbocycles. The largest absolute Gasteiger partial charge is 0.516 e. The summed E-state index contributed by atoms with van der Waals surface area (Å²) in [6, 6.07) is 7.94. The first kappa shape index (κ1) is 6.87. The van der Waals surface area contributed by atoms with Crippen LogP contribution < -0.4 is 0 Å². The summed E-state index contributed by atoms with van der Waals surface area (Å²) in [5.74, 6) is 0. The van der Waals surface area contributed by atoms with E-state index in [2.05, 4.69) is 0 Å². The molecule has 0 aliphatic rings. The SMILES string of the molecule is Cc1ccc(C=CO)cc1. The summed E-state index contributed by atoms with van der Waals surface area (Å²) >= 11 is 0. The first-order valence-corrected chi connectivity index (χ1v) is 3.20. The van der Waals surface area contributed by atoms with Gasteiger partial charge in [0.2, 0.25) is 0 Å². The van der Waals surface area contributed by atoms with Gasteiger partial charge in [0.05, 0.1) is 6.26 Å². The quantitative estimate of drug-likeness (QED) is 0.585. The van der Waals surface area contributed by atoms with E-state index >= 15 is 0 Å². The third-order valence-electron chi connectivity index (χ3n) is 1.34. The Morgan fingerprint density at radius 1 is 1.20 bits per heavy atom. The van der Waals surface area contributed by atoms with Gasteiger partial charge in [-0.1, -0.05) is 29.8 Å². The van der Waals surface area contributed by atoms with E-state index in [0.717, 1.165) is 11.8 Å². The minimum Gasteiger partial charge on any atom is -0.516 e. The summed E-state index contributed by atoms with van der Waals surface area (Å²) in [4.78, 5) is 0. The van der Waals surface area contributed by atoms with Gasteiger partial charge in [-0.05, 0) is 18.6 Å². The standard InChI is InChI=1S/C9H10O/c1-8-2-4-9(5-3-8)6-7-10/h2-7,10H,1H3. The van der Waals surface area contributed by atoms with Gasteiger partial charge in [-0.25, -0.2) is 0 Å². The van der Waals surface area contributed by atoms with E-state index in [4.69, 9.17) is 5.11 Å². The average Bonchev–Trinajstić information content (AvgIpc) is 1.95. The summed E-state index contributed by atoms with van der Waals surface area (Å²) in [7, 11) is 0. The molecule has 10 heavy (non-hydrogen) atoms. The van der Waals surface area contributed by atoms with Gasteiger partial charge < -0.3 is 5.11 Å². The molecule has 0 radical (unpaired) electrons. The van der Waals surface area contributed by atoms with Crippen molar-refractivity contribution in [2.24, 2.45) is 0 Å². The van der Waals surface area contributed by atoms with Crippen LogP contribution in [0.15, 0.2) is 30.5 Å². The molecule has 0 saturated heterocycles. The van der Waals surface area contributed by atoms with Crippen molar-refractivity contribution in [2.75, 3.05) is 0 Å². The van der Waals surface area contributed by atoms with Gasteiger partial charge in [0.25, 0.3) is 0 Å². The van der Waals surface area contributed by atoms with Gasteiger partial charge in [-0.15, -0.1) is 0 Å².